The maximum atomic E-state index is 14.5. The molecule has 0 aliphatic carbocycles. The molecule has 0 radical (unpaired) electrons. The van der Waals surface area contributed by atoms with Crippen molar-refractivity contribution in [2.75, 3.05) is 13.2 Å². The van der Waals surface area contributed by atoms with Crippen LogP contribution in [0.15, 0.2) is 127 Å². The number of aliphatic carboxylic acids is 1. The van der Waals surface area contributed by atoms with Gasteiger partial charge in [0.05, 0.1) is 12.5 Å². The smallest absolute Gasteiger partial charge is 0.305 e. The van der Waals surface area contributed by atoms with Crippen LogP contribution in [0.25, 0.3) is 11.1 Å². The van der Waals surface area contributed by atoms with Crippen LogP contribution in [0.5, 0.6) is 5.75 Å². The highest BCUT2D eigenvalue weighted by molar-refractivity contribution is 7.09. The number of carboxylic acid groups (broad SMARTS) is 1. The number of Topliss-reactive ketones (excluding diaryl/α,β-unsaturated/α-hetero) is 1. The average molecular weight is 829 g/mol. The van der Waals surface area contributed by atoms with Gasteiger partial charge in [-0.25, -0.2) is 0 Å². The number of carbonyl (C=O) groups excluding carboxylic acids is 5. The van der Waals surface area contributed by atoms with E-state index in [1.165, 1.54) is 11.3 Å². The van der Waals surface area contributed by atoms with Crippen LogP contribution in [0.2, 0.25) is 0 Å². The lowest BCUT2D eigenvalue weighted by molar-refractivity contribution is -0.137. The SMILES string of the molecule is O=C(O)CCNC(=O)[C@H]1CC(=O)[C@@H](CCc2ccccc2)NC(=O)[C@H](Cc2ccc(-c3ccccc3)cc2)NC(=O)[C@@H](Cc2cccs2)NC(=O)COc2ccc(cc2)C1. The zero-order chi connectivity index (χ0) is 42.3. The van der Waals surface area contributed by atoms with Crippen LogP contribution < -0.4 is 26.0 Å². The highest BCUT2D eigenvalue weighted by Gasteiger charge is 2.32. The number of carbonyl (C=O) groups is 6. The number of ketones is 1. The van der Waals surface area contributed by atoms with Crippen LogP contribution in [-0.4, -0.2) is 71.8 Å². The van der Waals surface area contributed by atoms with Gasteiger partial charge in [-0.05, 0) is 70.7 Å². The van der Waals surface area contributed by atoms with Gasteiger partial charge in [0, 0.05) is 36.6 Å². The minimum absolute atomic E-state index is 0.0671. The molecule has 310 valence electrons. The standard InChI is InChI=1S/C47H48N4O8S/c52-42-28-36(45(56)48-24-23-44(54)55)26-32-15-20-37(21-16-32)59-30-43(53)49-41(29-38-12-7-25-60-38)47(58)51-40(46(57)50-39(42)22-17-31-8-3-1-4-9-31)27-33-13-18-35(19-14-33)34-10-5-2-6-11-34/h1-16,18-21,25,36,39-41H,17,22-24,26-30H2,(H,48,56)(H,49,53)(H,50,57)(H,51,58)(H,54,55)/t36-,39-,40+,41-/m1/s1. The number of amides is 4. The topological polar surface area (TPSA) is 180 Å². The van der Waals surface area contributed by atoms with Crippen molar-refractivity contribution in [2.24, 2.45) is 5.92 Å². The Morgan fingerprint density at radius 1 is 0.683 bits per heavy atom. The van der Waals surface area contributed by atoms with Crippen LogP contribution >= 0.6 is 11.3 Å². The Bertz CT molecular complexity index is 2220. The fourth-order valence-corrected chi connectivity index (χ4v) is 7.78. The molecule has 5 aromatic rings. The Morgan fingerprint density at radius 3 is 2.00 bits per heavy atom. The van der Waals surface area contributed by atoms with E-state index in [1.54, 1.807) is 24.3 Å². The zero-order valence-electron chi connectivity index (χ0n) is 33.0. The van der Waals surface area contributed by atoms with Crippen molar-refractivity contribution < 1.29 is 38.6 Å². The van der Waals surface area contributed by atoms with Gasteiger partial charge in [0.2, 0.25) is 17.7 Å². The Balaban J connectivity index is 1.33. The Kier molecular flexibility index (Phi) is 15.3. The predicted octanol–water partition coefficient (Wildman–Crippen LogP) is 5.09. The number of ether oxygens (including phenoxy) is 1. The second kappa shape index (κ2) is 21.4. The van der Waals surface area contributed by atoms with Crippen LogP contribution in [0, 0.1) is 5.92 Å². The highest BCUT2D eigenvalue weighted by atomic mass is 32.1. The van der Waals surface area contributed by atoms with Gasteiger partial charge in [-0.2, -0.15) is 0 Å². The van der Waals surface area contributed by atoms with Gasteiger partial charge in [0.1, 0.15) is 17.8 Å². The first-order valence-electron chi connectivity index (χ1n) is 19.9. The third-order valence-corrected chi connectivity index (χ3v) is 11.2. The van der Waals surface area contributed by atoms with Crippen molar-refractivity contribution in [1.29, 1.82) is 0 Å². The lowest BCUT2D eigenvalue weighted by atomic mass is 9.89. The quantitative estimate of drug-likeness (QED) is 0.108. The molecule has 60 heavy (non-hydrogen) atoms. The lowest BCUT2D eigenvalue weighted by Crippen LogP contribution is -2.57. The molecule has 7 rings (SSSR count). The van der Waals surface area contributed by atoms with E-state index in [9.17, 15) is 33.9 Å². The molecular formula is C47H48N4O8S. The third-order valence-electron chi connectivity index (χ3n) is 10.3. The van der Waals surface area contributed by atoms with Gasteiger partial charge in [-0.15, -0.1) is 11.3 Å². The molecule has 2 bridgehead atoms. The van der Waals surface area contributed by atoms with Crippen molar-refractivity contribution >= 4 is 46.7 Å². The molecule has 0 spiro atoms. The molecular weight excluding hydrogens is 781 g/mol. The molecule has 4 atom stereocenters. The summed E-state index contributed by atoms with van der Waals surface area (Å²) in [6.45, 7) is -0.513. The number of fused-ring (bicyclic) bond motifs is 16. The highest BCUT2D eigenvalue weighted by Crippen LogP contribution is 2.22. The molecule has 5 N–H and O–H groups in total. The van der Waals surface area contributed by atoms with E-state index in [0.29, 0.717) is 17.7 Å². The summed E-state index contributed by atoms with van der Waals surface area (Å²) in [5, 5.41) is 22.3. The normalized spacial score (nSPS) is 19.1. The number of rotatable bonds is 12. The van der Waals surface area contributed by atoms with Crippen molar-refractivity contribution in [3.05, 3.63) is 148 Å². The second-order valence-corrected chi connectivity index (χ2v) is 15.8. The summed E-state index contributed by atoms with van der Waals surface area (Å²) in [6, 6.07) is 34.1. The van der Waals surface area contributed by atoms with Crippen molar-refractivity contribution in [3.63, 3.8) is 0 Å². The van der Waals surface area contributed by atoms with Crippen molar-refractivity contribution in [1.82, 2.24) is 21.3 Å². The molecule has 1 aromatic heterocycles. The van der Waals surface area contributed by atoms with Crippen LogP contribution in [0.4, 0.5) is 0 Å². The molecule has 13 heteroatoms. The van der Waals surface area contributed by atoms with Gasteiger partial charge in [-0.1, -0.05) is 103 Å². The van der Waals surface area contributed by atoms with Crippen molar-refractivity contribution in [2.45, 2.75) is 63.1 Å². The summed E-state index contributed by atoms with van der Waals surface area (Å²) >= 11 is 1.43. The average Bonchev–Trinajstić information content (AvgIpc) is 3.77. The Labute approximate surface area is 352 Å². The molecule has 12 nitrogen and oxygen atoms in total. The fourth-order valence-electron chi connectivity index (χ4n) is 7.03. The molecule has 4 aromatic carbocycles. The second-order valence-electron chi connectivity index (χ2n) is 14.8. The van der Waals surface area contributed by atoms with Gasteiger partial charge in [-0.3, -0.25) is 28.8 Å². The largest absolute Gasteiger partial charge is 0.484 e. The van der Waals surface area contributed by atoms with Gasteiger partial charge in [0.25, 0.3) is 5.91 Å². The minimum atomic E-state index is -1.17. The minimum Gasteiger partial charge on any atom is -0.484 e. The van der Waals surface area contributed by atoms with Crippen LogP contribution in [0.1, 0.15) is 40.8 Å². The van der Waals surface area contributed by atoms with Gasteiger partial charge in [0.15, 0.2) is 12.4 Å². The summed E-state index contributed by atoms with van der Waals surface area (Å²) in [6.07, 6.45) is 0.454. The molecule has 0 saturated carbocycles. The molecule has 0 unspecified atom stereocenters. The molecule has 4 amide bonds. The predicted molar refractivity (Wildman–Crippen MR) is 228 cm³/mol. The first-order valence-corrected chi connectivity index (χ1v) is 20.8. The van der Waals surface area contributed by atoms with E-state index in [0.717, 1.165) is 27.1 Å². The number of carboxylic acids is 1. The van der Waals surface area contributed by atoms with Gasteiger partial charge >= 0.3 is 5.97 Å². The summed E-state index contributed by atoms with van der Waals surface area (Å²) in [5.74, 6) is -4.25. The van der Waals surface area contributed by atoms with Crippen LogP contribution in [0.3, 0.4) is 0 Å². The summed E-state index contributed by atoms with van der Waals surface area (Å²) in [4.78, 5) is 82.1. The van der Waals surface area contributed by atoms with E-state index in [2.05, 4.69) is 21.3 Å². The van der Waals surface area contributed by atoms with E-state index in [1.807, 2.05) is 102 Å². The number of aryl methyl sites for hydroxylation is 1. The number of hydrogen-bond acceptors (Lipinski definition) is 8. The summed E-state index contributed by atoms with van der Waals surface area (Å²) in [7, 11) is 0. The number of benzene rings is 4. The maximum absolute atomic E-state index is 14.5. The van der Waals surface area contributed by atoms with E-state index >= 15 is 0 Å². The Morgan fingerprint density at radius 2 is 1.33 bits per heavy atom. The molecule has 0 fully saturated rings. The van der Waals surface area contributed by atoms with E-state index in [4.69, 9.17) is 4.74 Å². The fraction of sp³-hybridized carbons (Fsp3) is 0.277. The van der Waals surface area contributed by atoms with E-state index < -0.39 is 66.0 Å². The van der Waals surface area contributed by atoms with Crippen LogP contribution in [-0.2, 0) is 54.5 Å². The van der Waals surface area contributed by atoms with Crippen molar-refractivity contribution in [3.8, 4) is 16.9 Å². The molecule has 3 heterocycles. The molecule has 2 aliphatic rings. The third kappa shape index (κ3) is 13.0. The number of nitrogens with one attached hydrogen (secondary N) is 4. The molecule has 0 saturated heterocycles. The first kappa shape index (κ1) is 43.0. The first-order chi connectivity index (χ1) is 29.1. The van der Waals surface area contributed by atoms with E-state index in [-0.39, 0.29) is 45.1 Å². The lowest BCUT2D eigenvalue weighted by Gasteiger charge is -2.26. The number of hydrogen-bond donors (Lipinski definition) is 5. The maximum Gasteiger partial charge on any atom is 0.305 e. The summed E-state index contributed by atoms with van der Waals surface area (Å²) < 4.78 is 5.76. The molecule has 2 aliphatic heterocycles. The monoisotopic (exact) mass is 828 g/mol. The Hall–Kier alpha value is -6.60. The zero-order valence-corrected chi connectivity index (χ0v) is 33.8. The number of thiophene rings is 1. The summed E-state index contributed by atoms with van der Waals surface area (Å²) in [5.41, 5.74) is 4.37. The van der Waals surface area contributed by atoms with Gasteiger partial charge < -0.3 is 31.1 Å².